The summed E-state index contributed by atoms with van der Waals surface area (Å²) in [5, 5.41) is 5.67. The van der Waals surface area contributed by atoms with Crippen molar-refractivity contribution in [3.63, 3.8) is 0 Å². The molecule has 0 bridgehead atoms. The number of methoxy groups -OCH3 is 1. The molecular weight excluding hydrogens is 323 g/mol. The first-order valence-electron chi connectivity index (χ1n) is 7.44. The van der Waals surface area contributed by atoms with E-state index in [1.807, 2.05) is 18.2 Å². The van der Waals surface area contributed by atoms with Gasteiger partial charge in [0.05, 0.1) is 12.7 Å². The molecule has 0 atom stereocenters. The largest absolute Gasteiger partial charge is 0.497 e. The van der Waals surface area contributed by atoms with Gasteiger partial charge in [0.2, 0.25) is 5.95 Å². The maximum absolute atomic E-state index is 12.9. The van der Waals surface area contributed by atoms with E-state index in [0.29, 0.717) is 22.9 Å². The van der Waals surface area contributed by atoms with E-state index in [2.05, 4.69) is 20.6 Å². The minimum Gasteiger partial charge on any atom is -0.497 e. The lowest BCUT2D eigenvalue weighted by Crippen LogP contribution is -2.13. The van der Waals surface area contributed by atoms with Crippen molar-refractivity contribution < 1.29 is 13.9 Å². The lowest BCUT2D eigenvalue weighted by molar-refractivity contribution is 0.102. The highest BCUT2D eigenvalue weighted by atomic mass is 19.1. The fourth-order valence-electron chi connectivity index (χ4n) is 2.08. The van der Waals surface area contributed by atoms with Crippen molar-refractivity contribution in [2.24, 2.45) is 0 Å². The van der Waals surface area contributed by atoms with E-state index >= 15 is 0 Å². The number of hydrogen-bond acceptors (Lipinski definition) is 5. The molecule has 3 rings (SSSR count). The van der Waals surface area contributed by atoms with Crippen molar-refractivity contribution in [3.05, 3.63) is 72.3 Å². The number of nitrogens with zero attached hydrogens (tertiary/aromatic N) is 2. The number of anilines is 3. The van der Waals surface area contributed by atoms with Crippen LogP contribution in [0.1, 0.15) is 10.4 Å². The first kappa shape index (κ1) is 16.4. The molecule has 0 radical (unpaired) electrons. The minimum absolute atomic E-state index is 0.292. The molecule has 0 aliphatic rings. The molecule has 0 saturated heterocycles. The molecule has 25 heavy (non-hydrogen) atoms. The fraction of sp³-hybridized carbons (Fsp3) is 0.0556. The quantitative estimate of drug-likeness (QED) is 0.743. The van der Waals surface area contributed by atoms with Crippen LogP contribution in [0.25, 0.3) is 0 Å². The monoisotopic (exact) mass is 338 g/mol. The van der Waals surface area contributed by atoms with Crippen LogP contribution in [0.3, 0.4) is 0 Å². The van der Waals surface area contributed by atoms with Gasteiger partial charge in [0.25, 0.3) is 5.91 Å². The zero-order valence-electron chi connectivity index (χ0n) is 13.4. The summed E-state index contributed by atoms with van der Waals surface area (Å²) >= 11 is 0. The zero-order valence-corrected chi connectivity index (χ0v) is 13.4. The molecule has 126 valence electrons. The summed E-state index contributed by atoms with van der Waals surface area (Å²) in [4.78, 5) is 20.4. The van der Waals surface area contributed by atoms with E-state index in [9.17, 15) is 9.18 Å². The van der Waals surface area contributed by atoms with Crippen molar-refractivity contribution in [1.82, 2.24) is 9.97 Å². The van der Waals surface area contributed by atoms with Crippen molar-refractivity contribution in [2.75, 3.05) is 17.7 Å². The van der Waals surface area contributed by atoms with Crippen LogP contribution in [-0.2, 0) is 0 Å². The van der Waals surface area contributed by atoms with Crippen LogP contribution in [0.15, 0.2) is 60.9 Å². The molecule has 0 aliphatic heterocycles. The van der Waals surface area contributed by atoms with Crippen molar-refractivity contribution in [1.29, 1.82) is 0 Å². The van der Waals surface area contributed by atoms with Gasteiger partial charge in [-0.3, -0.25) is 4.79 Å². The highest BCUT2D eigenvalue weighted by Crippen LogP contribution is 2.19. The number of nitrogens with one attached hydrogen (secondary N) is 2. The predicted molar refractivity (Wildman–Crippen MR) is 92.7 cm³/mol. The second kappa shape index (κ2) is 7.39. The predicted octanol–water partition coefficient (Wildman–Crippen LogP) is 3.62. The van der Waals surface area contributed by atoms with Crippen LogP contribution >= 0.6 is 0 Å². The summed E-state index contributed by atoms with van der Waals surface area (Å²) in [6.45, 7) is 0. The zero-order chi connectivity index (χ0) is 17.6. The second-order valence-electron chi connectivity index (χ2n) is 5.11. The molecule has 0 saturated carbocycles. The number of benzene rings is 2. The summed E-state index contributed by atoms with van der Waals surface area (Å²) in [5.74, 6) is 0.320. The number of rotatable bonds is 5. The molecule has 3 aromatic rings. The smallest absolute Gasteiger partial charge is 0.258 e. The topological polar surface area (TPSA) is 76.1 Å². The van der Waals surface area contributed by atoms with Gasteiger partial charge in [-0.1, -0.05) is 6.07 Å². The minimum atomic E-state index is -0.375. The highest BCUT2D eigenvalue weighted by Gasteiger charge is 2.08. The second-order valence-corrected chi connectivity index (χ2v) is 5.11. The molecule has 7 heteroatoms. The number of halogens is 1. The van der Waals surface area contributed by atoms with Gasteiger partial charge in [0.15, 0.2) is 0 Å². The summed E-state index contributed by atoms with van der Waals surface area (Å²) < 4.78 is 18.0. The molecule has 0 spiro atoms. The van der Waals surface area contributed by atoms with Gasteiger partial charge in [-0.15, -0.1) is 0 Å². The van der Waals surface area contributed by atoms with Gasteiger partial charge in [-0.05, 0) is 36.4 Å². The van der Waals surface area contributed by atoms with Crippen LogP contribution in [0.2, 0.25) is 0 Å². The standard InChI is InChI=1S/C18H15FN4O2/c1-25-16-4-2-3-15(9-16)23-18-20-10-12(11-21-18)17(24)22-14-7-5-13(19)6-8-14/h2-11H,1H3,(H,22,24)(H,20,21,23). The van der Waals surface area contributed by atoms with Crippen molar-refractivity contribution >= 4 is 23.2 Å². The van der Waals surface area contributed by atoms with E-state index < -0.39 is 0 Å². The molecule has 0 fully saturated rings. The van der Waals surface area contributed by atoms with Gasteiger partial charge in [-0.25, -0.2) is 14.4 Å². The Kier molecular flexibility index (Phi) is 4.84. The molecule has 0 aliphatic carbocycles. The number of aromatic nitrogens is 2. The average molecular weight is 338 g/mol. The van der Waals surface area contributed by atoms with Crippen molar-refractivity contribution in [3.8, 4) is 5.75 Å². The average Bonchev–Trinajstić information content (AvgIpc) is 2.64. The number of hydrogen-bond donors (Lipinski definition) is 2. The SMILES string of the molecule is COc1cccc(Nc2ncc(C(=O)Nc3ccc(F)cc3)cn2)c1. The maximum atomic E-state index is 12.9. The third-order valence-corrected chi connectivity index (χ3v) is 3.34. The first-order chi connectivity index (χ1) is 12.1. The van der Waals surface area contributed by atoms with Crippen molar-refractivity contribution in [2.45, 2.75) is 0 Å². The number of carbonyl (C=O) groups excluding carboxylic acids is 1. The van der Waals surface area contributed by atoms with Crippen LogP contribution in [0, 0.1) is 5.82 Å². The van der Waals surface area contributed by atoms with E-state index in [4.69, 9.17) is 4.74 Å². The van der Waals surface area contributed by atoms with E-state index in [0.717, 1.165) is 5.69 Å². The van der Waals surface area contributed by atoms with Crippen LogP contribution in [0.4, 0.5) is 21.7 Å². The third kappa shape index (κ3) is 4.29. The Morgan fingerprint density at radius 2 is 1.76 bits per heavy atom. The van der Waals surface area contributed by atoms with Gasteiger partial charge >= 0.3 is 0 Å². The third-order valence-electron chi connectivity index (χ3n) is 3.34. The van der Waals surface area contributed by atoms with Gasteiger partial charge in [-0.2, -0.15) is 0 Å². The molecular formula is C18H15FN4O2. The van der Waals surface area contributed by atoms with Gasteiger partial charge < -0.3 is 15.4 Å². The summed E-state index contributed by atoms with van der Waals surface area (Å²) in [6, 6.07) is 12.8. The van der Waals surface area contributed by atoms with Crippen LogP contribution in [-0.4, -0.2) is 23.0 Å². The van der Waals surface area contributed by atoms with Gasteiger partial charge in [0.1, 0.15) is 11.6 Å². The Hall–Kier alpha value is -3.48. The maximum Gasteiger partial charge on any atom is 0.258 e. The Bertz CT molecular complexity index is 867. The molecule has 1 heterocycles. The molecule has 1 aromatic heterocycles. The Morgan fingerprint density at radius 1 is 1.04 bits per heavy atom. The number of amides is 1. The number of carbonyl (C=O) groups is 1. The highest BCUT2D eigenvalue weighted by molar-refractivity contribution is 6.03. The van der Waals surface area contributed by atoms with E-state index in [1.54, 1.807) is 13.2 Å². The Labute approximate surface area is 143 Å². The lowest BCUT2D eigenvalue weighted by atomic mass is 10.2. The summed E-state index contributed by atoms with van der Waals surface area (Å²) in [7, 11) is 1.59. The lowest BCUT2D eigenvalue weighted by Gasteiger charge is -2.08. The van der Waals surface area contributed by atoms with E-state index in [-0.39, 0.29) is 11.7 Å². The number of ether oxygens (including phenoxy) is 1. The first-order valence-corrected chi connectivity index (χ1v) is 7.44. The van der Waals surface area contributed by atoms with E-state index in [1.165, 1.54) is 36.7 Å². The fourth-order valence-corrected chi connectivity index (χ4v) is 2.08. The molecule has 6 nitrogen and oxygen atoms in total. The van der Waals surface area contributed by atoms with Gasteiger partial charge in [0, 0.05) is 29.8 Å². The Balaban J connectivity index is 1.66. The van der Waals surface area contributed by atoms with Crippen LogP contribution < -0.4 is 15.4 Å². The molecule has 2 N–H and O–H groups in total. The molecule has 1 amide bonds. The summed E-state index contributed by atoms with van der Waals surface area (Å²) in [6.07, 6.45) is 2.82. The molecule has 0 unspecified atom stereocenters. The molecule has 2 aromatic carbocycles. The summed E-state index contributed by atoms with van der Waals surface area (Å²) in [5.41, 5.74) is 1.55. The normalized spacial score (nSPS) is 10.2. The van der Waals surface area contributed by atoms with Crippen LogP contribution in [0.5, 0.6) is 5.75 Å². The Morgan fingerprint density at radius 3 is 2.44 bits per heavy atom.